The molecule has 0 aliphatic carbocycles. The molecule has 1 aliphatic heterocycles. The summed E-state index contributed by atoms with van der Waals surface area (Å²) in [6, 6.07) is 12.1. The molecule has 0 saturated heterocycles. The Kier molecular flexibility index (Phi) is 5.85. The van der Waals surface area contributed by atoms with E-state index in [0.717, 1.165) is 23.5 Å². The van der Waals surface area contributed by atoms with E-state index in [2.05, 4.69) is 10.6 Å². The van der Waals surface area contributed by atoms with E-state index in [1.165, 1.54) is 6.07 Å². The van der Waals surface area contributed by atoms with Crippen LogP contribution in [0.15, 0.2) is 42.5 Å². The summed E-state index contributed by atoms with van der Waals surface area (Å²) in [4.78, 5) is 11.9. The normalized spacial score (nSPS) is 13.2. The second-order valence-corrected chi connectivity index (χ2v) is 5.80. The molecule has 2 N–H and O–H groups in total. The molecule has 0 unspecified atom stereocenters. The Balaban J connectivity index is 1.44. The maximum atomic E-state index is 13.5. The first kappa shape index (κ1) is 17.2. The van der Waals surface area contributed by atoms with Crippen molar-refractivity contribution in [1.82, 2.24) is 10.6 Å². The summed E-state index contributed by atoms with van der Waals surface area (Å²) in [5.74, 6) is 0.991. The minimum atomic E-state index is -0.317. The van der Waals surface area contributed by atoms with E-state index in [-0.39, 0.29) is 24.8 Å². The summed E-state index contributed by atoms with van der Waals surface area (Å²) in [7, 11) is 0. The van der Waals surface area contributed by atoms with Crippen LogP contribution in [0.4, 0.5) is 4.39 Å². The van der Waals surface area contributed by atoms with Crippen LogP contribution in [-0.4, -0.2) is 25.7 Å². The van der Waals surface area contributed by atoms with Crippen molar-refractivity contribution < 1.29 is 18.7 Å². The Morgan fingerprint density at radius 1 is 1.04 bits per heavy atom. The van der Waals surface area contributed by atoms with Crippen LogP contribution in [0.5, 0.6) is 11.5 Å². The van der Waals surface area contributed by atoms with Crippen molar-refractivity contribution in [2.24, 2.45) is 0 Å². The largest absolute Gasteiger partial charge is 0.490 e. The fraction of sp³-hybridized carbons (Fsp3) is 0.316. The zero-order valence-electron chi connectivity index (χ0n) is 13.9. The van der Waals surface area contributed by atoms with Crippen LogP contribution in [-0.2, 0) is 17.9 Å². The number of hydrogen-bond donors (Lipinski definition) is 2. The second-order valence-electron chi connectivity index (χ2n) is 5.80. The Morgan fingerprint density at radius 3 is 2.68 bits per heavy atom. The first-order valence-electron chi connectivity index (χ1n) is 8.32. The van der Waals surface area contributed by atoms with Gasteiger partial charge in [0.25, 0.3) is 0 Å². The number of nitrogens with one attached hydrogen (secondary N) is 2. The maximum Gasteiger partial charge on any atom is 0.234 e. The highest BCUT2D eigenvalue weighted by atomic mass is 19.1. The molecule has 25 heavy (non-hydrogen) atoms. The first-order chi connectivity index (χ1) is 12.2. The molecule has 132 valence electrons. The van der Waals surface area contributed by atoms with E-state index in [9.17, 15) is 9.18 Å². The van der Waals surface area contributed by atoms with Crippen LogP contribution in [0.25, 0.3) is 0 Å². The van der Waals surface area contributed by atoms with Crippen LogP contribution in [0.1, 0.15) is 17.5 Å². The van der Waals surface area contributed by atoms with Gasteiger partial charge in [-0.05, 0) is 23.8 Å². The molecule has 0 fully saturated rings. The lowest BCUT2D eigenvalue weighted by Gasteiger charge is -2.10. The molecule has 1 heterocycles. The third-order valence-electron chi connectivity index (χ3n) is 3.86. The monoisotopic (exact) mass is 344 g/mol. The summed E-state index contributed by atoms with van der Waals surface area (Å²) >= 11 is 0. The fourth-order valence-electron chi connectivity index (χ4n) is 2.54. The van der Waals surface area contributed by atoms with Gasteiger partial charge in [-0.25, -0.2) is 4.39 Å². The number of benzene rings is 2. The van der Waals surface area contributed by atoms with Crippen LogP contribution in [0.2, 0.25) is 0 Å². The highest BCUT2D eigenvalue weighted by molar-refractivity contribution is 5.77. The van der Waals surface area contributed by atoms with Crippen molar-refractivity contribution in [3.05, 3.63) is 59.4 Å². The van der Waals surface area contributed by atoms with Gasteiger partial charge in [0.1, 0.15) is 5.82 Å². The van der Waals surface area contributed by atoms with Crippen LogP contribution in [0.3, 0.4) is 0 Å². The SMILES string of the molecule is O=C(CNCc1ccc2c(c1)OCCCO2)NCc1ccccc1F. The Bertz CT molecular complexity index is 736. The minimum absolute atomic E-state index is 0.156. The molecule has 0 radical (unpaired) electrons. The summed E-state index contributed by atoms with van der Waals surface area (Å²) in [5.41, 5.74) is 1.48. The number of amides is 1. The summed E-state index contributed by atoms with van der Waals surface area (Å²) in [6.45, 7) is 2.17. The molecule has 1 amide bonds. The molecule has 2 aromatic carbocycles. The molecule has 0 spiro atoms. The van der Waals surface area contributed by atoms with Gasteiger partial charge < -0.3 is 20.1 Å². The van der Waals surface area contributed by atoms with Crippen molar-refractivity contribution in [2.75, 3.05) is 19.8 Å². The molecular formula is C19H21FN2O3. The number of carbonyl (C=O) groups is 1. The number of ether oxygens (including phenoxy) is 2. The summed E-state index contributed by atoms with van der Waals surface area (Å²) < 4.78 is 24.7. The van der Waals surface area contributed by atoms with E-state index in [4.69, 9.17) is 9.47 Å². The summed E-state index contributed by atoms with van der Waals surface area (Å²) in [5, 5.41) is 5.77. The molecule has 0 bridgehead atoms. The maximum absolute atomic E-state index is 13.5. The van der Waals surface area contributed by atoms with Gasteiger partial charge >= 0.3 is 0 Å². The standard InChI is InChI=1S/C19H21FN2O3/c20-16-5-2-1-4-15(16)12-22-19(23)13-21-11-14-6-7-17-18(10-14)25-9-3-8-24-17/h1-2,4-7,10,21H,3,8-9,11-13H2,(H,22,23). The molecule has 5 nitrogen and oxygen atoms in total. The average Bonchev–Trinajstić information content (AvgIpc) is 2.86. The van der Waals surface area contributed by atoms with Gasteiger partial charge in [0.2, 0.25) is 5.91 Å². The van der Waals surface area contributed by atoms with Gasteiger partial charge in [-0.3, -0.25) is 4.79 Å². The van der Waals surface area contributed by atoms with Crippen molar-refractivity contribution in [3.63, 3.8) is 0 Å². The molecule has 2 aromatic rings. The highest BCUT2D eigenvalue weighted by Gasteiger charge is 2.11. The number of rotatable bonds is 6. The zero-order valence-corrected chi connectivity index (χ0v) is 13.9. The fourth-order valence-corrected chi connectivity index (χ4v) is 2.54. The van der Waals surface area contributed by atoms with E-state index in [1.54, 1.807) is 18.2 Å². The highest BCUT2D eigenvalue weighted by Crippen LogP contribution is 2.30. The average molecular weight is 344 g/mol. The number of hydrogen-bond acceptors (Lipinski definition) is 4. The van der Waals surface area contributed by atoms with E-state index >= 15 is 0 Å². The lowest BCUT2D eigenvalue weighted by atomic mass is 10.2. The smallest absolute Gasteiger partial charge is 0.234 e. The van der Waals surface area contributed by atoms with Gasteiger partial charge in [0.15, 0.2) is 11.5 Å². The molecule has 0 saturated carbocycles. The van der Waals surface area contributed by atoms with Crippen molar-refractivity contribution in [2.45, 2.75) is 19.5 Å². The second kappa shape index (κ2) is 8.48. The van der Waals surface area contributed by atoms with Crippen LogP contribution >= 0.6 is 0 Å². The quantitative estimate of drug-likeness (QED) is 0.845. The van der Waals surface area contributed by atoms with Crippen molar-refractivity contribution in [3.8, 4) is 11.5 Å². The summed E-state index contributed by atoms with van der Waals surface area (Å²) in [6.07, 6.45) is 0.866. The van der Waals surface area contributed by atoms with Crippen molar-refractivity contribution in [1.29, 1.82) is 0 Å². The van der Waals surface area contributed by atoms with Gasteiger partial charge in [-0.1, -0.05) is 24.3 Å². The first-order valence-corrected chi connectivity index (χ1v) is 8.32. The van der Waals surface area contributed by atoms with Gasteiger partial charge in [-0.2, -0.15) is 0 Å². The van der Waals surface area contributed by atoms with Crippen LogP contribution < -0.4 is 20.1 Å². The lowest BCUT2D eigenvalue weighted by Crippen LogP contribution is -2.33. The molecule has 6 heteroatoms. The van der Waals surface area contributed by atoms with Crippen molar-refractivity contribution >= 4 is 5.91 Å². The van der Waals surface area contributed by atoms with Gasteiger partial charge in [0, 0.05) is 25.1 Å². The lowest BCUT2D eigenvalue weighted by molar-refractivity contribution is -0.120. The Labute approximate surface area is 146 Å². The van der Waals surface area contributed by atoms with Gasteiger partial charge in [-0.15, -0.1) is 0 Å². The number of halogens is 1. The molecule has 0 aromatic heterocycles. The van der Waals surface area contributed by atoms with E-state index in [0.29, 0.717) is 25.3 Å². The molecule has 1 aliphatic rings. The predicted octanol–water partition coefficient (Wildman–Crippen LogP) is 2.39. The number of carbonyl (C=O) groups excluding carboxylic acids is 1. The Hall–Kier alpha value is -2.60. The topological polar surface area (TPSA) is 59.6 Å². The van der Waals surface area contributed by atoms with Gasteiger partial charge in [0.05, 0.1) is 19.8 Å². The molecular weight excluding hydrogens is 323 g/mol. The molecule has 0 atom stereocenters. The third-order valence-corrected chi connectivity index (χ3v) is 3.86. The van der Waals surface area contributed by atoms with Crippen LogP contribution in [0, 0.1) is 5.82 Å². The predicted molar refractivity (Wildman–Crippen MR) is 92.0 cm³/mol. The Morgan fingerprint density at radius 2 is 1.84 bits per heavy atom. The molecule has 3 rings (SSSR count). The third kappa shape index (κ3) is 4.93. The van der Waals surface area contributed by atoms with E-state index in [1.807, 2.05) is 18.2 Å². The zero-order chi connectivity index (χ0) is 17.5. The minimum Gasteiger partial charge on any atom is -0.490 e. The van der Waals surface area contributed by atoms with E-state index < -0.39 is 0 Å². The number of fused-ring (bicyclic) bond motifs is 1.